The van der Waals surface area contributed by atoms with Crippen LogP contribution in [0.4, 0.5) is 5.82 Å². The first-order chi connectivity index (χ1) is 19.6. The number of fused-ring (bicyclic) bond motifs is 1. The van der Waals surface area contributed by atoms with Crippen molar-refractivity contribution in [3.63, 3.8) is 0 Å². The predicted octanol–water partition coefficient (Wildman–Crippen LogP) is -3.32. The van der Waals surface area contributed by atoms with Crippen molar-refractivity contribution >= 4 is 108 Å². The maximum absolute atomic E-state index is 14.2. The molecule has 194 valence electrons. The molecule has 2 atom stereocenters. The van der Waals surface area contributed by atoms with Crippen LogP contribution in [0.1, 0.15) is 38.3 Å². The lowest BCUT2D eigenvalue weighted by Crippen LogP contribution is -2.49. The lowest BCUT2D eigenvalue weighted by molar-refractivity contribution is -0.111. The van der Waals surface area contributed by atoms with Crippen molar-refractivity contribution in [1.82, 2.24) is 24.7 Å². The number of hydrogen-bond donors (Lipinski definition) is 1. The highest BCUT2D eigenvalue weighted by molar-refractivity contribution is 7.69. The van der Waals surface area contributed by atoms with E-state index in [2.05, 4.69) is 10.5 Å². The van der Waals surface area contributed by atoms with Crippen molar-refractivity contribution in [3.05, 3.63) is 16.0 Å². The summed E-state index contributed by atoms with van der Waals surface area (Å²) in [6.07, 6.45) is 4.60. The average molecular weight is 533 g/mol. The maximum Gasteiger partial charge on any atom is 0.297 e. The van der Waals surface area contributed by atoms with Crippen LogP contribution in [0.25, 0.3) is 10.9 Å². The summed E-state index contributed by atoms with van der Waals surface area (Å²) in [5, 5.41) is 13.2. The summed E-state index contributed by atoms with van der Waals surface area (Å²) in [6.45, 7) is 1.86. The third-order valence-electron chi connectivity index (χ3n) is 8.25. The number of nitrogens with zero attached hydrogens (tertiary/aromatic N) is 6. The lowest BCUT2D eigenvalue weighted by atomic mass is 8.79. The summed E-state index contributed by atoms with van der Waals surface area (Å²) in [7, 11) is 36.6. The van der Waals surface area contributed by atoms with Gasteiger partial charge >= 0.3 is 0 Å². The fourth-order valence-corrected chi connectivity index (χ4v) is 5.63. The second kappa shape index (κ2) is 14.0. The van der Waals surface area contributed by atoms with Crippen LogP contribution >= 0.6 is 0 Å². The summed E-state index contributed by atoms with van der Waals surface area (Å²) in [6, 6.07) is -0.848. The lowest BCUT2D eigenvalue weighted by Gasteiger charge is -2.26. The van der Waals surface area contributed by atoms with Crippen molar-refractivity contribution < 1.29 is 9.59 Å². The van der Waals surface area contributed by atoms with Crippen LogP contribution in [0.2, 0.25) is 12.5 Å². The number of anilines is 1. The van der Waals surface area contributed by atoms with Gasteiger partial charge in [0.05, 0.1) is 18.0 Å². The Hall–Kier alpha value is -2.04. The normalized spacial score (nSPS) is 18.9. The fraction of sp³-hybridized carbons (Fsp3) is 0.650. The smallest absolute Gasteiger partial charge is 0.297 e. The second-order valence-electron chi connectivity index (χ2n) is 11.2. The molecule has 12 radical (unpaired) electrons. The molecule has 0 aromatic carbocycles. The number of carbonyl (C=O) groups is 2. The van der Waals surface area contributed by atoms with Gasteiger partial charge in [-0.05, 0) is 32.0 Å². The zero-order valence-corrected chi connectivity index (χ0v) is 23.6. The Balaban J connectivity index is 1.92. The minimum atomic E-state index is -0.782. The first-order valence-electron chi connectivity index (χ1n) is 14.4. The SMILES string of the molecule is [B]B(CC)Cn1nc2c(NN3CCC[C@H]3C=O)nn(N3CCC[C@H]3C=O)c(=O)c2c1CB(CB([B])B([B])[B])B([B])[B]. The van der Waals surface area contributed by atoms with Crippen LogP contribution in [0.5, 0.6) is 0 Å². The summed E-state index contributed by atoms with van der Waals surface area (Å²) in [5.74, 6) is 0.296. The van der Waals surface area contributed by atoms with E-state index in [9.17, 15) is 14.4 Å². The quantitative estimate of drug-likeness (QED) is 0.199. The zero-order valence-electron chi connectivity index (χ0n) is 23.6. The second-order valence-corrected chi connectivity index (χ2v) is 11.2. The molecular weight excluding hydrogens is 505 g/mol. The van der Waals surface area contributed by atoms with E-state index >= 15 is 0 Å². The molecule has 21 heteroatoms. The Labute approximate surface area is 251 Å². The minimum absolute atomic E-state index is 0.240. The molecule has 0 aliphatic carbocycles. The van der Waals surface area contributed by atoms with Gasteiger partial charge in [-0.3, -0.25) is 19.9 Å². The van der Waals surface area contributed by atoms with E-state index in [1.807, 2.05) is 6.92 Å². The van der Waals surface area contributed by atoms with Gasteiger partial charge < -0.3 is 9.59 Å². The summed E-state index contributed by atoms with van der Waals surface area (Å²) in [5.41, 5.74) is 3.72. The van der Waals surface area contributed by atoms with Crippen LogP contribution in [0.3, 0.4) is 0 Å². The Morgan fingerprint density at radius 1 is 0.976 bits per heavy atom. The molecule has 2 fully saturated rings. The van der Waals surface area contributed by atoms with Crippen molar-refractivity contribution in [3.8, 4) is 0 Å². The number of aromatic nitrogens is 4. The Bertz CT molecular complexity index is 1280. The van der Waals surface area contributed by atoms with E-state index in [0.29, 0.717) is 67.3 Å². The number of rotatable bonds is 14. The van der Waals surface area contributed by atoms with Gasteiger partial charge in [-0.1, -0.05) is 13.2 Å². The van der Waals surface area contributed by atoms with Crippen molar-refractivity contribution in [1.29, 1.82) is 0 Å². The monoisotopic (exact) mass is 535 g/mol. The molecule has 2 aromatic rings. The topological polar surface area (TPSA) is 105 Å². The molecular formula is C20H28B11N7O3. The van der Waals surface area contributed by atoms with E-state index in [4.69, 9.17) is 51.5 Å². The van der Waals surface area contributed by atoms with Gasteiger partial charge in [0.15, 0.2) is 5.82 Å². The molecule has 2 aromatic heterocycles. The summed E-state index contributed by atoms with van der Waals surface area (Å²) >= 11 is 0. The Kier molecular flexibility index (Phi) is 10.9. The highest BCUT2D eigenvalue weighted by Crippen LogP contribution is 2.26. The molecule has 2 aliphatic rings. The molecule has 1 N–H and O–H groups in total. The summed E-state index contributed by atoms with van der Waals surface area (Å²) in [4.78, 5) is 39.0. The Morgan fingerprint density at radius 3 is 2.29 bits per heavy atom. The third kappa shape index (κ3) is 6.97. The van der Waals surface area contributed by atoms with E-state index in [-0.39, 0.29) is 25.6 Å². The number of aldehydes is 2. The molecule has 0 spiro atoms. The largest absolute Gasteiger partial charge is 0.302 e. The van der Waals surface area contributed by atoms with E-state index in [0.717, 1.165) is 25.4 Å². The molecule has 0 unspecified atom stereocenters. The molecule has 41 heavy (non-hydrogen) atoms. The molecule has 0 bridgehead atoms. The Morgan fingerprint density at radius 2 is 1.66 bits per heavy atom. The molecule has 2 saturated heterocycles. The van der Waals surface area contributed by atoms with E-state index in [1.165, 1.54) is 4.79 Å². The van der Waals surface area contributed by atoms with Crippen LogP contribution in [0, 0.1) is 0 Å². The highest BCUT2D eigenvalue weighted by Gasteiger charge is 2.33. The van der Waals surface area contributed by atoms with Gasteiger partial charge in [0.2, 0.25) is 0 Å². The number of hydrogen-bond acceptors (Lipinski definition) is 8. The number of nitrogens with one attached hydrogen (secondary N) is 1. The molecule has 0 saturated carbocycles. The standard InChI is InChI=1S/C20H28B11N7O3/c1-2-27(21)13-36-16(9-28(30(23)24)12-29(22)31(25)26)17-18(32-36)19(33-35-7-3-5-14(35)10-39)34-38(20(17)41)37-8-4-6-15(37)11-40/h10-11,14-15H,2-9,12-13H2,1H3,(H,33,34)/t14-,15-/m0/s1. The van der Waals surface area contributed by atoms with E-state index < -0.39 is 30.9 Å². The van der Waals surface area contributed by atoms with Gasteiger partial charge in [-0.15, -0.1) is 16.1 Å². The molecule has 4 heterocycles. The van der Waals surface area contributed by atoms with Gasteiger partial charge in [0, 0.05) is 90.9 Å². The van der Waals surface area contributed by atoms with Gasteiger partial charge in [0.25, 0.3) is 5.56 Å². The minimum Gasteiger partial charge on any atom is -0.302 e. The van der Waals surface area contributed by atoms with Crippen LogP contribution < -0.4 is 16.0 Å². The molecule has 10 nitrogen and oxygen atoms in total. The van der Waals surface area contributed by atoms with E-state index in [1.54, 1.807) is 14.7 Å². The van der Waals surface area contributed by atoms with Gasteiger partial charge in [-0.25, -0.2) is 5.01 Å². The van der Waals surface area contributed by atoms with Crippen molar-refractivity contribution in [2.45, 2.75) is 70.0 Å². The fourth-order valence-electron chi connectivity index (χ4n) is 5.63. The summed E-state index contributed by atoms with van der Waals surface area (Å²) < 4.78 is 1.71. The molecule has 2 aliphatic heterocycles. The van der Waals surface area contributed by atoms with Gasteiger partial charge in [-0.2, -0.15) is 5.10 Å². The molecule has 0 amide bonds. The van der Waals surface area contributed by atoms with Crippen LogP contribution in [-0.2, 0) is 22.4 Å². The van der Waals surface area contributed by atoms with Crippen LogP contribution in [-0.4, -0.2) is 141 Å². The molecule has 4 rings (SSSR count). The van der Waals surface area contributed by atoms with Crippen molar-refractivity contribution in [2.24, 2.45) is 0 Å². The maximum atomic E-state index is 14.2. The first kappa shape index (κ1) is 31.9. The van der Waals surface area contributed by atoms with Crippen molar-refractivity contribution in [2.75, 3.05) is 23.5 Å². The third-order valence-corrected chi connectivity index (χ3v) is 8.25. The first-order valence-corrected chi connectivity index (χ1v) is 14.4. The van der Waals surface area contributed by atoms with Gasteiger partial charge in [0.1, 0.15) is 30.7 Å². The number of hydrazine groups is 1. The highest BCUT2D eigenvalue weighted by atomic mass is 16.2. The average Bonchev–Trinajstić information content (AvgIpc) is 3.68. The predicted molar refractivity (Wildman–Crippen MR) is 176 cm³/mol. The number of carbonyl (C=O) groups excluding carboxylic acids is 2. The van der Waals surface area contributed by atoms with Crippen LogP contribution in [0.15, 0.2) is 4.79 Å². The zero-order chi connectivity index (χ0) is 29.8.